The second kappa shape index (κ2) is 36.2. The molecule has 0 amide bonds. The first-order valence-electron chi connectivity index (χ1n) is 27.3. The zero-order valence-electron chi connectivity index (χ0n) is 43.8. The Hall–Kier alpha value is -3.83. The van der Waals surface area contributed by atoms with Crippen LogP contribution in [-0.4, -0.2) is 191 Å². The van der Waals surface area contributed by atoms with Crippen LogP contribution in [0.3, 0.4) is 0 Å². The highest BCUT2D eigenvalue weighted by Gasteiger charge is 2.54. The Morgan fingerprint density at radius 3 is 1.77 bits per heavy atom. The van der Waals surface area contributed by atoms with Gasteiger partial charge in [0, 0.05) is 90.5 Å². The van der Waals surface area contributed by atoms with E-state index in [0.717, 1.165) is 131 Å². The van der Waals surface area contributed by atoms with Gasteiger partial charge in [-0.1, -0.05) is 63.3 Å². The molecule has 0 saturated carbocycles. The summed E-state index contributed by atoms with van der Waals surface area (Å²) in [6, 6.07) is 24.6. The third-order valence-electron chi connectivity index (χ3n) is 12.7. The summed E-state index contributed by atoms with van der Waals surface area (Å²) in [6.45, 7) is 18.8. The zero-order chi connectivity index (χ0) is 50.7. The molecule has 0 aliphatic carbocycles. The van der Waals surface area contributed by atoms with Crippen LogP contribution in [0.4, 0.5) is 0 Å². The number of nitrogens with one attached hydrogen (secondary N) is 5. The summed E-state index contributed by atoms with van der Waals surface area (Å²) in [7, 11) is -2.45. The SMILES string of the molecule is CCNCCNCCNCCCCCCCCCNCCN(CCNCCOCCOCCOc1ccc(-c2cc(-c3ccccn3)nc(-c3ccccn3)c2)cc1)CC(O)COCCC[Si]12OCC(CO1)O2. The van der Waals surface area contributed by atoms with Crippen LogP contribution < -0.4 is 31.3 Å². The van der Waals surface area contributed by atoms with Crippen molar-refractivity contribution in [2.24, 2.45) is 0 Å². The van der Waals surface area contributed by atoms with E-state index in [2.05, 4.69) is 72.6 Å². The number of ether oxygens (including phenoxy) is 4. The van der Waals surface area contributed by atoms with Gasteiger partial charge in [-0.05, 0) is 98.6 Å². The molecule has 0 radical (unpaired) electrons. The van der Waals surface area contributed by atoms with Crippen LogP contribution in [0, 0.1) is 0 Å². The van der Waals surface area contributed by atoms with Gasteiger partial charge in [-0.15, -0.1) is 0 Å². The lowest BCUT2D eigenvalue weighted by Crippen LogP contribution is -2.42. The maximum atomic E-state index is 10.9. The topological polar surface area (TPSA) is 187 Å². The van der Waals surface area contributed by atoms with Crippen LogP contribution in [0.5, 0.6) is 5.75 Å². The minimum absolute atomic E-state index is 0.110. The number of unbranched alkanes of at least 4 members (excludes halogenated alkanes) is 6. The van der Waals surface area contributed by atoms with Crippen LogP contribution in [0.1, 0.15) is 58.3 Å². The Morgan fingerprint density at radius 1 is 0.589 bits per heavy atom. The van der Waals surface area contributed by atoms with Gasteiger partial charge in [0.15, 0.2) is 0 Å². The van der Waals surface area contributed by atoms with Crippen LogP contribution in [-0.2, 0) is 27.5 Å². The van der Waals surface area contributed by atoms with E-state index in [1.807, 2.05) is 48.5 Å². The van der Waals surface area contributed by atoms with Crippen molar-refractivity contribution in [3.8, 4) is 39.7 Å². The Morgan fingerprint density at radius 2 is 1.16 bits per heavy atom. The molecule has 73 heavy (non-hydrogen) atoms. The minimum atomic E-state index is -2.45. The molecule has 404 valence electrons. The number of aliphatic hydroxyl groups is 1. The fourth-order valence-electron chi connectivity index (χ4n) is 8.68. The molecule has 4 aromatic rings. The highest BCUT2D eigenvalue weighted by molar-refractivity contribution is 6.61. The van der Waals surface area contributed by atoms with Gasteiger partial charge in [0.2, 0.25) is 0 Å². The van der Waals surface area contributed by atoms with Gasteiger partial charge in [-0.25, -0.2) is 4.98 Å². The second-order valence-electron chi connectivity index (χ2n) is 18.7. The lowest BCUT2D eigenvalue weighted by molar-refractivity contribution is 0.0162. The third kappa shape index (κ3) is 23.7. The number of pyridine rings is 3. The van der Waals surface area contributed by atoms with Gasteiger partial charge in [0.05, 0.1) is 81.2 Å². The van der Waals surface area contributed by atoms with Gasteiger partial charge in [-0.3, -0.25) is 14.9 Å². The lowest BCUT2D eigenvalue weighted by atomic mass is 10.0. The van der Waals surface area contributed by atoms with Crippen LogP contribution in [0.2, 0.25) is 6.04 Å². The number of nitrogens with zero attached hydrogens (tertiary/aromatic N) is 4. The van der Waals surface area contributed by atoms with Crippen LogP contribution >= 0.6 is 0 Å². The first-order valence-corrected chi connectivity index (χ1v) is 29.2. The summed E-state index contributed by atoms with van der Waals surface area (Å²) in [6.07, 6.45) is 12.9. The molecule has 2 bridgehead atoms. The smallest absolute Gasteiger partial charge is 0.491 e. The number of hydrogen-bond acceptors (Lipinski definition) is 17. The Labute approximate surface area is 437 Å². The molecule has 2 aliphatic heterocycles. The van der Waals surface area contributed by atoms with Crippen molar-refractivity contribution in [3.63, 3.8) is 0 Å². The lowest BCUT2D eigenvalue weighted by Gasteiger charge is -2.25. The predicted molar refractivity (Wildman–Crippen MR) is 291 cm³/mol. The summed E-state index contributed by atoms with van der Waals surface area (Å²) in [4.78, 5) is 16.3. The molecule has 3 aromatic heterocycles. The van der Waals surface area contributed by atoms with Crippen molar-refractivity contribution in [1.29, 1.82) is 0 Å². The molecule has 1 aromatic carbocycles. The van der Waals surface area contributed by atoms with Gasteiger partial charge in [0.25, 0.3) is 0 Å². The third-order valence-corrected chi connectivity index (χ3v) is 15.5. The average Bonchev–Trinajstić information content (AvgIpc) is 4.04. The summed E-state index contributed by atoms with van der Waals surface area (Å²) in [5, 5.41) is 28.4. The quantitative estimate of drug-likeness (QED) is 0.0243. The molecule has 2 aliphatic rings. The van der Waals surface area contributed by atoms with Crippen LogP contribution in [0.15, 0.2) is 85.2 Å². The maximum Gasteiger partial charge on any atom is 0.501 e. The maximum absolute atomic E-state index is 10.9. The van der Waals surface area contributed by atoms with E-state index in [0.29, 0.717) is 66.0 Å². The largest absolute Gasteiger partial charge is 0.501 e. The molecular formula is C55H87N9O8Si. The van der Waals surface area contributed by atoms with Crippen molar-refractivity contribution < 1.29 is 37.3 Å². The molecule has 18 heteroatoms. The van der Waals surface area contributed by atoms with E-state index < -0.39 is 14.9 Å². The minimum Gasteiger partial charge on any atom is -0.491 e. The summed E-state index contributed by atoms with van der Waals surface area (Å²) >= 11 is 0. The fraction of sp³-hybridized carbons (Fsp3) is 0.618. The molecule has 1 unspecified atom stereocenters. The number of fused-ring (bicyclic) bond motifs is 2. The molecule has 2 fully saturated rings. The zero-order valence-corrected chi connectivity index (χ0v) is 44.8. The van der Waals surface area contributed by atoms with Gasteiger partial charge in [0.1, 0.15) is 12.4 Å². The highest BCUT2D eigenvalue weighted by atomic mass is 28.4. The predicted octanol–water partition coefficient (Wildman–Crippen LogP) is 5.44. The van der Waals surface area contributed by atoms with Gasteiger partial charge < -0.3 is 63.9 Å². The van der Waals surface area contributed by atoms with E-state index in [1.165, 1.54) is 44.9 Å². The molecule has 17 nitrogen and oxygen atoms in total. The van der Waals surface area contributed by atoms with E-state index in [4.69, 9.17) is 37.2 Å². The first kappa shape index (κ1) is 58.4. The van der Waals surface area contributed by atoms with Gasteiger partial charge >= 0.3 is 8.80 Å². The number of aliphatic hydroxyl groups excluding tert-OH is 1. The highest BCUT2D eigenvalue weighted by Crippen LogP contribution is 2.33. The standard InChI is InChI=1S/C55H87N9O8Si/c1-2-56-25-26-59-28-27-57-21-10-6-4-3-5-7-11-22-58-29-32-64(43-49(65)44-68-34-14-40-73-70-45-51(72-73)46-71-73)33-30-60-31-35-66-36-37-67-38-39-69-50-19-17-47(18-20-50)48-41-54(52-15-8-12-23-61-52)63-55(42-48)53-16-9-13-24-62-53/h8-9,12-13,15-20,23-24,41-42,49,51,56-60,65H,2-7,10-11,14,21-22,25-40,43-46H2,1H3. The normalized spacial score (nSPS) is 16.7. The van der Waals surface area contributed by atoms with Crippen LogP contribution in [0.25, 0.3) is 33.9 Å². The molecule has 2 saturated heterocycles. The van der Waals surface area contributed by atoms with Crippen molar-refractivity contribution in [3.05, 3.63) is 85.2 Å². The van der Waals surface area contributed by atoms with Crippen molar-refractivity contribution in [2.75, 3.05) is 145 Å². The molecule has 1 atom stereocenters. The monoisotopic (exact) mass is 1030 g/mol. The number of likely N-dealkylation sites (N-methyl/N-ethyl adjacent to an activating group) is 1. The number of benzene rings is 1. The average molecular weight is 1030 g/mol. The molecule has 5 heterocycles. The molecule has 0 spiro atoms. The van der Waals surface area contributed by atoms with Crippen molar-refractivity contribution in [2.45, 2.75) is 76.5 Å². The van der Waals surface area contributed by atoms with Crippen molar-refractivity contribution >= 4 is 8.80 Å². The van der Waals surface area contributed by atoms with E-state index >= 15 is 0 Å². The van der Waals surface area contributed by atoms with E-state index in [9.17, 15) is 5.11 Å². The fourth-order valence-corrected chi connectivity index (χ4v) is 11.4. The summed E-state index contributed by atoms with van der Waals surface area (Å²) in [5.74, 6) is 0.776. The van der Waals surface area contributed by atoms with Crippen molar-refractivity contribution in [1.82, 2.24) is 46.4 Å². The number of rotatable bonds is 44. The Kier molecular flexibility index (Phi) is 29.0. The second-order valence-corrected chi connectivity index (χ2v) is 21.3. The number of aromatic nitrogens is 3. The summed E-state index contributed by atoms with van der Waals surface area (Å²) < 4.78 is 41.1. The van der Waals surface area contributed by atoms with Gasteiger partial charge in [-0.2, -0.15) is 0 Å². The van der Waals surface area contributed by atoms with E-state index in [1.54, 1.807) is 12.4 Å². The Balaban J connectivity index is 0.784. The summed E-state index contributed by atoms with van der Waals surface area (Å²) in [5.41, 5.74) is 5.25. The van der Waals surface area contributed by atoms with E-state index in [-0.39, 0.29) is 6.10 Å². The number of hydrogen-bond donors (Lipinski definition) is 6. The molecule has 6 rings (SSSR count). The first-order chi connectivity index (χ1) is 36.1. The Bertz CT molecular complexity index is 1940. The molecule has 6 N–H and O–H groups in total. The molecular weight excluding hydrogens is 943 g/mol.